The summed E-state index contributed by atoms with van der Waals surface area (Å²) >= 11 is 1.47. The average molecular weight is 261 g/mol. The molecule has 92 valence electrons. The average Bonchev–Trinajstić information content (AvgIpc) is 2.40. The van der Waals surface area contributed by atoms with Crippen molar-refractivity contribution < 1.29 is 4.92 Å². The van der Waals surface area contributed by atoms with Crippen molar-refractivity contribution in [2.75, 3.05) is 0 Å². The standard InChI is InChI=1S/C12H11N3O2S/c1-9(18-12-13-6-3-7-14-12)10-4-2-5-11(8-10)15(16)17/h2-9H,1H3. The monoisotopic (exact) mass is 261 g/mol. The molecule has 0 saturated heterocycles. The Labute approximate surface area is 108 Å². The minimum atomic E-state index is -0.389. The molecule has 2 rings (SSSR count). The number of rotatable bonds is 4. The number of non-ortho nitro benzene ring substituents is 1. The summed E-state index contributed by atoms with van der Waals surface area (Å²) in [4.78, 5) is 18.6. The summed E-state index contributed by atoms with van der Waals surface area (Å²) in [6.07, 6.45) is 3.35. The largest absolute Gasteiger partial charge is 0.269 e. The van der Waals surface area contributed by atoms with Crippen LogP contribution in [0.1, 0.15) is 17.7 Å². The summed E-state index contributed by atoms with van der Waals surface area (Å²) < 4.78 is 0. The van der Waals surface area contributed by atoms with Crippen molar-refractivity contribution in [1.29, 1.82) is 0 Å². The van der Waals surface area contributed by atoms with Crippen LogP contribution in [0.4, 0.5) is 5.69 Å². The quantitative estimate of drug-likeness (QED) is 0.366. The highest BCUT2D eigenvalue weighted by Gasteiger charge is 2.12. The van der Waals surface area contributed by atoms with E-state index in [-0.39, 0.29) is 15.9 Å². The van der Waals surface area contributed by atoms with Crippen molar-refractivity contribution in [3.8, 4) is 0 Å². The van der Waals surface area contributed by atoms with Gasteiger partial charge in [-0.3, -0.25) is 10.1 Å². The molecule has 1 unspecified atom stereocenters. The van der Waals surface area contributed by atoms with Gasteiger partial charge in [0, 0.05) is 29.8 Å². The van der Waals surface area contributed by atoms with Crippen LogP contribution in [0.25, 0.3) is 0 Å². The lowest BCUT2D eigenvalue weighted by molar-refractivity contribution is -0.384. The van der Waals surface area contributed by atoms with Crippen LogP contribution in [0.3, 0.4) is 0 Å². The van der Waals surface area contributed by atoms with Crippen molar-refractivity contribution in [2.24, 2.45) is 0 Å². The Morgan fingerprint density at radius 3 is 2.67 bits per heavy atom. The molecule has 6 heteroatoms. The fourth-order valence-corrected chi connectivity index (χ4v) is 2.31. The van der Waals surface area contributed by atoms with Crippen LogP contribution in [-0.2, 0) is 0 Å². The molecule has 1 atom stereocenters. The molecular formula is C12H11N3O2S. The summed E-state index contributed by atoms with van der Waals surface area (Å²) in [6.45, 7) is 1.97. The molecule has 0 aliphatic rings. The smallest absolute Gasteiger partial charge is 0.258 e. The zero-order chi connectivity index (χ0) is 13.0. The number of benzene rings is 1. The second-order valence-corrected chi connectivity index (χ2v) is 4.95. The first-order valence-corrected chi connectivity index (χ1v) is 6.23. The molecule has 0 spiro atoms. The van der Waals surface area contributed by atoms with Crippen molar-refractivity contribution in [3.05, 3.63) is 58.4 Å². The molecule has 0 saturated carbocycles. The SMILES string of the molecule is CC(Sc1ncccn1)c1cccc([N+](=O)[O-])c1. The highest BCUT2D eigenvalue weighted by Crippen LogP contribution is 2.33. The lowest BCUT2D eigenvalue weighted by atomic mass is 10.1. The zero-order valence-corrected chi connectivity index (χ0v) is 10.5. The number of nitro groups is 1. The zero-order valence-electron chi connectivity index (χ0n) is 9.69. The molecule has 1 heterocycles. The van der Waals surface area contributed by atoms with E-state index < -0.39 is 0 Å². The van der Waals surface area contributed by atoms with Gasteiger partial charge in [0.25, 0.3) is 5.69 Å². The van der Waals surface area contributed by atoms with Gasteiger partial charge in [-0.2, -0.15) is 0 Å². The lowest BCUT2D eigenvalue weighted by Gasteiger charge is -2.09. The molecule has 1 aromatic carbocycles. The molecule has 0 aliphatic heterocycles. The number of thioether (sulfide) groups is 1. The molecule has 0 amide bonds. The van der Waals surface area contributed by atoms with Gasteiger partial charge in [0.15, 0.2) is 5.16 Å². The van der Waals surface area contributed by atoms with Gasteiger partial charge in [-0.1, -0.05) is 23.9 Å². The third-order valence-corrected chi connectivity index (χ3v) is 3.42. The van der Waals surface area contributed by atoms with E-state index in [1.54, 1.807) is 30.6 Å². The molecule has 0 fully saturated rings. The van der Waals surface area contributed by atoms with E-state index in [2.05, 4.69) is 9.97 Å². The summed E-state index contributed by atoms with van der Waals surface area (Å²) in [5, 5.41) is 11.4. The Kier molecular flexibility index (Phi) is 3.88. The van der Waals surface area contributed by atoms with Crippen LogP contribution in [0.2, 0.25) is 0 Å². The normalized spacial score (nSPS) is 12.1. The van der Waals surface area contributed by atoms with Gasteiger partial charge in [0.05, 0.1) is 4.92 Å². The van der Waals surface area contributed by atoms with Gasteiger partial charge in [-0.15, -0.1) is 0 Å². The Morgan fingerprint density at radius 2 is 2.00 bits per heavy atom. The van der Waals surface area contributed by atoms with Crippen molar-refractivity contribution in [3.63, 3.8) is 0 Å². The topological polar surface area (TPSA) is 68.9 Å². The first-order valence-electron chi connectivity index (χ1n) is 5.35. The van der Waals surface area contributed by atoms with Crippen LogP contribution in [0.5, 0.6) is 0 Å². The molecular weight excluding hydrogens is 250 g/mol. The Hall–Kier alpha value is -1.95. The fourth-order valence-electron chi connectivity index (χ4n) is 1.46. The van der Waals surface area contributed by atoms with Crippen molar-refractivity contribution in [2.45, 2.75) is 17.3 Å². The Balaban J connectivity index is 2.16. The fraction of sp³-hybridized carbons (Fsp3) is 0.167. The highest BCUT2D eigenvalue weighted by molar-refractivity contribution is 7.99. The lowest BCUT2D eigenvalue weighted by Crippen LogP contribution is -1.94. The first kappa shape index (κ1) is 12.5. The molecule has 2 aromatic rings. The van der Waals surface area contributed by atoms with E-state index in [4.69, 9.17) is 0 Å². The minimum Gasteiger partial charge on any atom is -0.258 e. The number of aromatic nitrogens is 2. The van der Waals surface area contributed by atoms with E-state index in [1.165, 1.54) is 17.8 Å². The maximum absolute atomic E-state index is 10.7. The first-order chi connectivity index (χ1) is 8.66. The summed E-state index contributed by atoms with van der Waals surface area (Å²) in [5.74, 6) is 0. The molecule has 0 N–H and O–H groups in total. The van der Waals surface area contributed by atoms with Gasteiger partial charge < -0.3 is 0 Å². The summed E-state index contributed by atoms with van der Waals surface area (Å²) in [5.41, 5.74) is 0.996. The van der Waals surface area contributed by atoms with Crippen molar-refractivity contribution in [1.82, 2.24) is 9.97 Å². The molecule has 0 bridgehead atoms. The molecule has 5 nitrogen and oxygen atoms in total. The van der Waals surface area contributed by atoms with E-state index in [1.807, 2.05) is 13.0 Å². The number of nitro benzene ring substituents is 1. The number of hydrogen-bond acceptors (Lipinski definition) is 5. The van der Waals surface area contributed by atoms with Crippen LogP contribution in [0.15, 0.2) is 47.9 Å². The van der Waals surface area contributed by atoms with Gasteiger partial charge >= 0.3 is 0 Å². The van der Waals surface area contributed by atoms with Crippen LogP contribution >= 0.6 is 11.8 Å². The Morgan fingerprint density at radius 1 is 1.28 bits per heavy atom. The molecule has 0 aliphatic carbocycles. The Bertz CT molecular complexity index is 548. The van der Waals surface area contributed by atoms with E-state index in [0.717, 1.165) is 5.56 Å². The molecule has 18 heavy (non-hydrogen) atoms. The predicted octanol–water partition coefficient (Wildman–Crippen LogP) is 3.24. The number of hydrogen-bond donors (Lipinski definition) is 0. The van der Waals surface area contributed by atoms with Crippen LogP contribution < -0.4 is 0 Å². The van der Waals surface area contributed by atoms with Gasteiger partial charge in [0.1, 0.15) is 0 Å². The summed E-state index contributed by atoms with van der Waals surface area (Å²) in [7, 11) is 0. The third kappa shape index (κ3) is 3.04. The van der Waals surface area contributed by atoms with Crippen LogP contribution in [-0.4, -0.2) is 14.9 Å². The third-order valence-electron chi connectivity index (χ3n) is 2.37. The van der Waals surface area contributed by atoms with Gasteiger partial charge in [-0.25, -0.2) is 9.97 Å². The van der Waals surface area contributed by atoms with Crippen LogP contribution in [0, 0.1) is 10.1 Å². The van der Waals surface area contributed by atoms with E-state index >= 15 is 0 Å². The van der Waals surface area contributed by atoms with E-state index in [9.17, 15) is 10.1 Å². The highest BCUT2D eigenvalue weighted by atomic mass is 32.2. The maximum Gasteiger partial charge on any atom is 0.269 e. The summed E-state index contributed by atoms with van der Waals surface area (Å²) in [6, 6.07) is 8.38. The number of nitrogens with zero attached hydrogens (tertiary/aromatic N) is 3. The maximum atomic E-state index is 10.7. The second-order valence-electron chi connectivity index (χ2n) is 3.64. The predicted molar refractivity (Wildman–Crippen MR) is 69.4 cm³/mol. The second kappa shape index (κ2) is 5.59. The minimum absolute atomic E-state index is 0.0623. The molecule has 1 aromatic heterocycles. The molecule has 0 radical (unpaired) electrons. The van der Waals surface area contributed by atoms with Gasteiger partial charge in [0.2, 0.25) is 0 Å². The van der Waals surface area contributed by atoms with Gasteiger partial charge in [-0.05, 0) is 18.6 Å². The van der Waals surface area contributed by atoms with Crippen molar-refractivity contribution >= 4 is 17.4 Å². The van der Waals surface area contributed by atoms with E-state index in [0.29, 0.717) is 5.16 Å².